The molecule has 0 aliphatic carbocycles. The quantitative estimate of drug-likeness (QED) is 0.742. The summed E-state index contributed by atoms with van der Waals surface area (Å²) in [6.45, 7) is 2.36. The zero-order valence-corrected chi connectivity index (χ0v) is 12.6. The first-order chi connectivity index (χ1) is 9.56. The number of aliphatic imine (C=N–C) groups is 1. The number of fused-ring (bicyclic) bond motifs is 1. The van der Waals surface area contributed by atoms with Crippen LogP contribution >= 0.6 is 15.9 Å². The molecule has 0 radical (unpaired) electrons. The van der Waals surface area contributed by atoms with E-state index in [4.69, 9.17) is 0 Å². The molecule has 0 fully saturated rings. The van der Waals surface area contributed by atoms with Gasteiger partial charge in [0.25, 0.3) is 5.91 Å². The van der Waals surface area contributed by atoms with E-state index in [2.05, 4.69) is 20.9 Å². The molecule has 0 spiro atoms. The van der Waals surface area contributed by atoms with Crippen LogP contribution in [0.2, 0.25) is 0 Å². The van der Waals surface area contributed by atoms with Crippen molar-refractivity contribution >= 4 is 39.1 Å². The Hall–Kier alpha value is -1.75. The molecule has 1 aromatic rings. The monoisotopic (exact) mass is 332 g/mol. The van der Waals surface area contributed by atoms with Gasteiger partial charge in [-0.15, -0.1) is 0 Å². The summed E-state index contributed by atoms with van der Waals surface area (Å²) in [6, 6.07) is 5.84. The minimum Gasteiger partial charge on any atom is -0.311 e. The van der Waals surface area contributed by atoms with Crippen LogP contribution in [0.3, 0.4) is 0 Å². The van der Waals surface area contributed by atoms with E-state index in [0.29, 0.717) is 12.3 Å². The van der Waals surface area contributed by atoms with Crippen LogP contribution in [-0.4, -0.2) is 24.1 Å². The number of carbonyl (C=O) groups is 2. The van der Waals surface area contributed by atoms with Crippen LogP contribution in [0.15, 0.2) is 39.8 Å². The lowest BCUT2D eigenvalue weighted by molar-refractivity contribution is -0.129. The predicted octanol–water partition coefficient (Wildman–Crippen LogP) is 2.51. The third kappa shape index (κ3) is 2.22. The molecule has 4 nitrogen and oxygen atoms in total. The number of allylic oxidation sites excluding steroid dienone is 1. The summed E-state index contributed by atoms with van der Waals surface area (Å²) in [7, 11) is 0. The van der Waals surface area contributed by atoms with Crippen LogP contribution in [0, 0.1) is 5.92 Å². The van der Waals surface area contributed by atoms with E-state index in [9.17, 15) is 9.59 Å². The van der Waals surface area contributed by atoms with Crippen LogP contribution < -0.4 is 4.90 Å². The maximum atomic E-state index is 12.5. The van der Waals surface area contributed by atoms with Gasteiger partial charge in [0.1, 0.15) is 5.92 Å². The van der Waals surface area contributed by atoms with E-state index >= 15 is 0 Å². The molecule has 3 rings (SSSR count). The molecule has 1 aromatic carbocycles. The van der Waals surface area contributed by atoms with Crippen molar-refractivity contribution < 1.29 is 9.59 Å². The van der Waals surface area contributed by atoms with E-state index in [0.717, 1.165) is 22.1 Å². The number of anilines is 1. The fourth-order valence-corrected chi connectivity index (χ4v) is 2.96. The summed E-state index contributed by atoms with van der Waals surface area (Å²) < 4.78 is 0.999. The number of nitrogens with zero attached hydrogens (tertiary/aromatic N) is 2. The number of halogens is 1. The van der Waals surface area contributed by atoms with Crippen LogP contribution in [-0.2, 0) is 16.0 Å². The van der Waals surface area contributed by atoms with Crippen LogP contribution in [0.25, 0.3) is 0 Å². The smallest absolute Gasteiger partial charge is 0.262 e. The lowest BCUT2D eigenvalue weighted by Gasteiger charge is -2.21. The van der Waals surface area contributed by atoms with Gasteiger partial charge in [-0.1, -0.05) is 22.0 Å². The van der Waals surface area contributed by atoms with Gasteiger partial charge < -0.3 is 4.90 Å². The highest BCUT2D eigenvalue weighted by Gasteiger charge is 2.33. The number of rotatable bonds is 1. The molecule has 2 aliphatic heterocycles. The Bertz CT molecular complexity index is 664. The highest BCUT2D eigenvalue weighted by molar-refractivity contribution is 9.10. The van der Waals surface area contributed by atoms with Gasteiger partial charge in [0.2, 0.25) is 5.91 Å². The van der Waals surface area contributed by atoms with Gasteiger partial charge >= 0.3 is 0 Å². The lowest BCUT2D eigenvalue weighted by atomic mass is 10.0. The molecule has 0 N–H and O–H groups in total. The molecular weight excluding hydrogens is 320 g/mol. The van der Waals surface area contributed by atoms with E-state index in [-0.39, 0.29) is 11.8 Å². The van der Waals surface area contributed by atoms with E-state index in [1.165, 1.54) is 0 Å². The van der Waals surface area contributed by atoms with Crippen LogP contribution in [0.5, 0.6) is 0 Å². The first kappa shape index (κ1) is 13.2. The fourth-order valence-electron chi connectivity index (χ4n) is 2.55. The third-order valence-electron chi connectivity index (χ3n) is 3.55. The van der Waals surface area contributed by atoms with Crippen molar-refractivity contribution in [3.63, 3.8) is 0 Å². The van der Waals surface area contributed by atoms with Gasteiger partial charge in [0, 0.05) is 22.4 Å². The van der Waals surface area contributed by atoms with Gasteiger partial charge in [0.15, 0.2) is 0 Å². The zero-order chi connectivity index (χ0) is 14.3. The maximum absolute atomic E-state index is 12.5. The lowest BCUT2D eigenvalue weighted by Crippen LogP contribution is -2.38. The molecule has 0 saturated carbocycles. The second-order valence-corrected chi connectivity index (χ2v) is 5.86. The number of amides is 2. The van der Waals surface area contributed by atoms with Crippen molar-refractivity contribution in [3.8, 4) is 0 Å². The Balaban J connectivity index is 1.88. The topological polar surface area (TPSA) is 49.7 Å². The van der Waals surface area contributed by atoms with Gasteiger partial charge in [-0.25, -0.2) is 4.99 Å². The molecule has 2 amide bonds. The molecule has 102 valence electrons. The molecule has 2 heterocycles. The van der Waals surface area contributed by atoms with Crippen molar-refractivity contribution in [1.82, 2.24) is 0 Å². The Kier molecular flexibility index (Phi) is 3.30. The summed E-state index contributed by atoms with van der Waals surface area (Å²) in [5.41, 5.74) is 2.66. The normalized spacial score (nSPS) is 20.9. The summed E-state index contributed by atoms with van der Waals surface area (Å²) >= 11 is 3.43. The molecule has 20 heavy (non-hydrogen) atoms. The van der Waals surface area contributed by atoms with Gasteiger partial charge in [0.05, 0.1) is 0 Å². The standard InChI is InChI=1S/C15H13BrN2O2/c1-9-2-4-12(14(19)17-9)15(20)18-7-6-10-8-11(16)3-5-13(10)18/h2-5,8,12H,6-7H2,1H3. The SMILES string of the molecule is CC1=NC(=O)C(C(=O)N2CCc3cc(Br)ccc32)C=C1. The first-order valence-corrected chi connectivity index (χ1v) is 7.23. The Morgan fingerprint density at radius 2 is 2.25 bits per heavy atom. The van der Waals surface area contributed by atoms with Crippen molar-refractivity contribution in [2.45, 2.75) is 13.3 Å². The number of hydrogen-bond acceptors (Lipinski definition) is 2. The first-order valence-electron chi connectivity index (χ1n) is 6.43. The molecule has 1 unspecified atom stereocenters. The van der Waals surface area contributed by atoms with E-state index in [1.54, 1.807) is 24.0 Å². The highest BCUT2D eigenvalue weighted by Crippen LogP contribution is 2.32. The number of carbonyl (C=O) groups excluding carboxylic acids is 2. The van der Waals surface area contributed by atoms with Gasteiger partial charge in [-0.3, -0.25) is 9.59 Å². The van der Waals surface area contributed by atoms with E-state index in [1.807, 2.05) is 18.2 Å². The predicted molar refractivity (Wildman–Crippen MR) is 80.9 cm³/mol. The largest absolute Gasteiger partial charge is 0.311 e. The number of benzene rings is 1. The molecule has 0 bridgehead atoms. The Morgan fingerprint density at radius 1 is 1.45 bits per heavy atom. The van der Waals surface area contributed by atoms with Gasteiger partial charge in [-0.2, -0.15) is 0 Å². The minimum absolute atomic E-state index is 0.191. The summed E-state index contributed by atoms with van der Waals surface area (Å²) in [4.78, 5) is 30.0. The maximum Gasteiger partial charge on any atom is 0.262 e. The van der Waals surface area contributed by atoms with Crippen molar-refractivity contribution in [2.75, 3.05) is 11.4 Å². The molecule has 5 heteroatoms. The number of dihydropyridines is 1. The van der Waals surface area contributed by atoms with Crippen molar-refractivity contribution in [3.05, 3.63) is 40.4 Å². The molecule has 0 saturated heterocycles. The number of hydrogen-bond donors (Lipinski definition) is 0. The highest BCUT2D eigenvalue weighted by atomic mass is 79.9. The second-order valence-electron chi connectivity index (χ2n) is 4.94. The van der Waals surface area contributed by atoms with Crippen molar-refractivity contribution in [1.29, 1.82) is 0 Å². The minimum atomic E-state index is -0.784. The zero-order valence-electron chi connectivity index (χ0n) is 11.0. The molecule has 0 aromatic heterocycles. The van der Waals surface area contributed by atoms with Crippen molar-refractivity contribution in [2.24, 2.45) is 10.9 Å². The average molecular weight is 333 g/mol. The van der Waals surface area contributed by atoms with E-state index < -0.39 is 5.92 Å². The molecule has 1 atom stereocenters. The van der Waals surface area contributed by atoms with Crippen LogP contribution in [0.1, 0.15) is 12.5 Å². The average Bonchev–Trinajstić information content (AvgIpc) is 2.80. The molecular formula is C15H13BrN2O2. The summed E-state index contributed by atoms with van der Waals surface area (Å²) in [5.74, 6) is -1.35. The third-order valence-corrected chi connectivity index (χ3v) is 4.04. The summed E-state index contributed by atoms with van der Waals surface area (Å²) in [6.07, 6.45) is 4.18. The Labute approximate surface area is 125 Å². The molecule has 2 aliphatic rings. The fraction of sp³-hybridized carbons (Fsp3) is 0.267. The Morgan fingerprint density at radius 3 is 3.00 bits per heavy atom. The summed E-state index contributed by atoms with van der Waals surface area (Å²) in [5, 5.41) is 0. The van der Waals surface area contributed by atoms with Gasteiger partial charge in [-0.05, 0) is 43.2 Å². The van der Waals surface area contributed by atoms with Crippen LogP contribution in [0.4, 0.5) is 5.69 Å². The second kappa shape index (κ2) is 4.98.